The lowest BCUT2D eigenvalue weighted by Gasteiger charge is -2.23. The van der Waals surface area contributed by atoms with Crippen LogP contribution >= 0.6 is 0 Å². The molecule has 0 saturated carbocycles. The molecule has 4 nitrogen and oxygen atoms in total. The van der Waals surface area contributed by atoms with E-state index in [0.29, 0.717) is 0 Å². The molecular formula is C18H26N4. The highest BCUT2D eigenvalue weighted by Crippen LogP contribution is 2.10. The van der Waals surface area contributed by atoms with Gasteiger partial charge in [0.25, 0.3) is 0 Å². The average Bonchev–Trinajstić information content (AvgIpc) is 2.60. The molecular weight excluding hydrogens is 272 g/mol. The van der Waals surface area contributed by atoms with Gasteiger partial charge in [0.15, 0.2) is 0 Å². The normalized spacial score (nSPS) is 20.2. The van der Waals surface area contributed by atoms with Crippen molar-refractivity contribution in [1.29, 1.82) is 0 Å². The molecule has 2 fully saturated rings. The van der Waals surface area contributed by atoms with Gasteiger partial charge >= 0.3 is 0 Å². The molecule has 2 heterocycles. The molecule has 3 rings (SSSR count). The number of benzene rings is 1. The molecule has 0 spiro atoms. The van der Waals surface area contributed by atoms with Crippen LogP contribution < -0.4 is 0 Å². The third kappa shape index (κ3) is 4.58. The molecule has 2 aliphatic heterocycles. The monoisotopic (exact) mass is 298 g/mol. The van der Waals surface area contributed by atoms with E-state index in [-0.39, 0.29) is 0 Å². The van der Waals surface area contributed by atoms with Crippen LogP contribution in [0.1, 0.15) is 49.7 Å². The van der Waals surface area contributed by atoms with Crippen LogP contribution in [-0.4, -0.2) is 48.6 Å². The van der Waals surface area contributed by atoms with E-state index in [2.05, 4.69) is 44.5 Å². The maximum Gasteiger partial charge on any atom is 0.0543 e. The fourth-order valence-electron chi connectivity index (χ4n) is 3.00. The summed E-state index contributed by atoms with van der Waals surface area (Å²) in [4.78, 5) is 0. The molecule has 2 saturated heterocycles. The Hall–Kier alpha value is -1.84. The molecule has 2 aliphatic rings. The van der Waals surface area contributed by atoms with E-state index in [1.54, 1.807) is 0 Å². The Morgan fingerprint density at radius 3 is 1.59 bits per heavy atom. The molecule has 0 N–H and O–H groups in total. The first-order chi connectivity index (χ1) is 10.9. The fraction of sp³-hybridized carbons (Fsp3) is 0.556. The number of nitrogens with zero attached hydrogens (tertiary/aromatic N) is 4. The second-order valence-electron chi connectivity index (χ2n) is 6.19. The van der Waals surface area contributed by atoms with Gasteiger partial charge in [-0.15, -0.1) is 0 Å². The van der Waals surface area contributed by atoms with Crippen LogP contribution in [0.25, 0.3) is 0 Å². The Bertz CT molecular complexity index is 468. The Morgan fingerprint density at radius 1 is 0.682 bits per heavy atom. The van der Waals surface area contributed by atoms with Crippen LogP contribution in [-0.2, 0) is 0 Å². The second-order valence-corrected chi connectivity index (χ2v) is 6.19. The summed E-state index contributed by atoms with van der Waals surface area (Å²) < 4.78 is 0. The first-order valence-electron chi connectivity index (χ1n) is 8.58. The van der Waals surface area contributed by atoms with Gasteiger partial charge in [0, 0.05) is 26.2 Å². The minimum atomic E-state index is 1.09. The van der Waals surface area contributed by atoms with E-state index in [9.17, 15) is 0 Å². The first-order valence-corrected chi connectivity index (χ1v) is 8.58. The van der Waals surface area contributed by atoms with Crippen LogP contribution in [0.4, 0.5) is 0 Å². The van der Waals surface area contributed by atoms with Crippen LogP contribution in [0.5, 0.6) is 0 Å². The zero-order valence-electron chi connectivity index (χ0n) is 13.3. The number of piperidine rings is 2. The van der Waals surface area contributed by atoms with Gasteiger partial charge in [0.05, 0.1) is 12.4 Å². The summed E-state index contributed by atoms with van der Waals surface area (Å²) in [6.45, 7) is 4.36. The van der Waals surface area contributed by atoms with Gasteiger partial charge in [-0.2, -0.15) is 10.2 Å². The van der Waals surface area contributed by atoms with Crippen molar-refractivity contribution >= 4 is 12.4 Å². The highest BCUT2D eigenvalue weighted by atomic mass is 15.4. The topological polar surface area (TPSA) is 31.2 Å². The minimum Gasteiger partial charge on any atom is -0.297 e. The highest BCUT2D eigenvalue weighted by Gasteiger charge is 2.07. The quantitative estimate of drug-likeness (QED) is 0.798. The SMILES string of the molecule is C(=NN1CCCCC1)c1cccc(C=NN2CCCCC2)c1. The number of hydrogen-bond donors (Lipinski definition) is 0. The third-order valence-electron chi connectivity index (χ3n) is 4.32. The summed E-state index contributed by atoms with van der Waals surface area (Å²) in [6, 6.07) is 8.44. The van der Waals surface area contributed by atoms with E-state index >= 15 is 0 Å². The van der Waals surface area contributed by atoms with Crippen molar-refractivity contribution in [2.45, 2.75) is 38.5 Å². The number of rotatable bonds is 4. The maximum atomic E-state index is 4.60. The molecule has 0 unspecified atom stereocenters. The molecule has 0 amide bonds. The predicted octanol–water partition coefficient (Wildman–Crippen LogP) is 3.33. The Morgan fingerprint density at radius 2 is 1.14 bits per heavy atom. The molecule has 118 valence electrons. The Balaban J connectivity index is 1.59. The number of hydrazone groups is 2. The van der Waals surface area contributed by atoms with Crippen molar-refractivity contribution in [1.82, 2.24) is 10.0 Å². The lowest BCUT2D eigenvalue weighted by Crippen LogP contribution is -2.24. The van der Waals surface area contributed by atoms with Crippen LogP contribution in [0.15, 0.2) is 34.5 Å². The van der Waals surface area contributed by atoms with E-state index in [4.69, 9.17) is 0 Å². The maximum absolute atomic E-state index is 4.60. The van der Waals surface area contributed by atoms with Gasteiger partial charge in [-0.1, -0.05) is 18.2 Å². The first kappa shape index (κ1) is 15.1. The molecule has 0 bridgehead atoms. The summed E-state index contributed by atoms with van der Waals surface area (Å²) in [6.07, 6.45) is 11.7. The molecule has 22 heavy (non-hydrogen) atoms. The van der Waals surface area contributed by atoms with Crippen molar-refractivity contribution < 1.29 is 0 Å². The Kier molecular flexibility index (Phi) is 5.46. The molecule has 0 atom stereocenters. The van der Waals surface area contributed by atoms with Crippen molar-refractivity contribution in [3.63, 3.8) is 0 Å². The molecule has 0 aromatic heterocycles. The largest absolute Gasteiger partial charge is 0.297 e. The van der Waals surface area contributed by atoms with Gasteiger partial charge in [-0.25, -0.2) is 0 Å². The van der Waals surface area contributed by atoms with E-state index < -0.39 is 0 Å². The van der Waals surface area contributed by atoms with E-state index in [0.717, 1.165) is 37.3 Å². The fourth-order valence-corrected chi connectivity index (χ4v) is 3.00. The van der Waals surface area contributed by atoms with Crippen molar-refractivity contribution in [3.05, 3.63) is 35.4 Å². The van der Waals surface area contributed by atoms with Gasteiger partial charge in [-0.05, 0) is 55.7 Å². The molecule has 4 heteroatoms. The summed E-state index contributed by atoms with van der Waals surface area (Å²) >= 11 is 0. The molecule has 1 aromatic rings. The van der Waals surface area contributed by atoms with Crippen molar-refractivity contribution in [3.8, 4) is 0 Å². The van der Waals surface area contributed by atoms with Gasteiger partial charge in [-0.3, -0.25) is 10.0 Å². The number of hydrogen-bond acceptors (Lipinski definition) is 4. The zero-order valence-corrected chi connectivity index (χ0v) is 13.3. The minimum absolute atomic E-state index is 1.09. The van der Waals surface area contributed by atoms with E-state index in [1.807, 2.05) is 12.4 Å². The Labute approximate surface area is 133 Å². The third-order valence-corrected chi connectivity index (χ3v) is 4.32. The van der Waals surface area contributed by atoms with Crippen LogP contribution in [0, 0.1) is 0 Å². The van der Waals surface area contributed by atoms with Crippen molar-refractivity contribution in [2.24, 2.45) is 10.2 Å². The molecule has 0 aliphatic carbocycles. The van der Waals surface area contributed by atoms with Crippen LogP contribution in [0.3, 0.4) is 0 Å². The summed E-state index contributed by atoms with van der Waals surface area (Å²) in [7, 11) is 0. The molecule has 1 aromatic carbocycles. The highest BCUT2D eigenvalue weighted by molar-refractivity contribution is 5.85. The second kappa shape index (κ2) is 7.97. The predicted molar refractivity (Wildman–Crippen MR) is 92.5 cm³/mol. The zero-order chi connectivity index (χ0) is 15.0. The van der Waals surface area contributed by atoms with Gasteiger partial charge in [0.2, 0.25) is 0 Å². The summed E-state index contributed by atoms with van der Waals surface area (Å²) in [5, 5.41) is 13.6. The van der Waals surface area contributed by atoms with Gasteiger partial charge < -0.3 is 0 Å². The van der Waals surface area contributed by atoms with Crippen molar-refractivity contribution in [2.75, 3.05) is 26.2 Å². The van der Waals surface area contributed by atoms with Crippen LogP contribution in [0.2, 0.25) is 0 Å². The smallest absolute Gasteiger partial charge is 0.0543 e. The summed E-state index contributed by atoms with van der Waals surface area (Å²) in [5.74, 6) is 0. The average molecular weight is 298 g/mol. The van der Waals surface area contributed by atoms with E-state index in [1.165, 1.54) is 38.5 Å². The lowest BCUT2D eigenvalue weighted by molar-refractivity contribution is 0.240. The molecule has 0 radical (unpaired) electrons. The summed E-state index contributed by atoms with van der Waals surface area (Å²) in [5.41, 5.74) is 2.29. The lowest BCUT2D eigenvalue weighted by atomic mass is 10.1. The standard InChI is InChI=1S/C18H26N4/c1-3-10-21(11-4-1)19-15-17-8-7-9-18(14-17)16-20-22-12-5-2-6-13-22/h7-9,14-16H,1-6,10-13H2. The van der Waals surface area contributed by atoms with Gasteiger partial charge in [0.1, 0.15) is 0 Å².